The summed E-state index contributed by atoms with van der Waals surface area (Å²) in [6.07, 6.45) is 1.49. The van der Waals surface area contributed by atoms with E-state index in [9.17, 15) is 29.1 Å². The third-order valence-corrected chi connectivity index (χ3v) is 7.91. The normalized spacial score (nSPS) is 19.4. The number of aromatic nitrogens is 4. The van der Waals surface area contributed by atoms with Gasteiger partial charge in [0.2, 0.25) is 0 Å². The number of allylic oxidation sites excluding steroid dienone is 1. The first kappa shape index (κ1) is 27.1. The third-order valence-electron chi connectivity index (χ3n) is 5.26. The molecule has 1 saturated heterocycles. The van der Waals surface area contributed by atoms with Gasteiger partial charge in [0, 0.05) is 17.7 Å². The van der Waals surface area contributed by atoms with E-state index in [0.29, 0.717) is 5.57 Å². The summed E-state index contributed by atoms with van der Waals surface area (Å²) in [5.41, 5.74) is 4.14. The minimum atomic E-state index is -1.32. The molecule has 2 aromatic heterocycles. The Morgan fingerprint density at radius 3 is 2.82 bits per heavy atom. The number of anilines is 1. The van der Waals surface area contributed by atoms with Crippen LogP contribution in [0, 0.1) is 0 Å². The number of nitrogens with zero attached hydrogens (tertiary/aromatic N) is 5. The molecule has 2 atom stereocenters. The molecule has 2 amide bonds. The Morgan fingerprint density at radius 1 is 1.42 bits per heavy atom. The van der Waals surface area contributed by atoms with Gasteiger partial charge in [0.15, 0.2) is 16.0 Å². The third kappa shape index (κ3) is 5.22. The van der Waals surface area contributed by atoms with Crippen molar-refractivity contribution in [3.8, 4) is 0 Å². The van der Waals surface area contributed by atoms with Crippen molar-refractivity contribution in [1.29, 1.82) is 0 Å². The average molecular weight is 581 g/mol. The highest BCUT2D eigenvalue weighted by Crippen LogP contribution is 2.41. The number of carboxylic acid groups (broad SMARTS) is 1. The number of nitrogen functional groups attached to an aromatic ring is 1. The lowest BCUT2D eigenvalue weighted by Gasteiger charge is -2.49. The number of β-lactam (4-membered cyclic amide) rings is 1. The van der Waals surface area contributed by atoms with Gasteiger partial charge in [-0.1, -0.05) is 16.9 Å². The Labute approximate surface area is 225 Å². The van der Waals surface area contributed by atoms with Gasteiger partial charge in [-0.05, 0) is 24.0 Å². The molecule has 2 aliphatic rings. The van der Waals surface area contributed by atoms with Crippen LogP contribution in [0.1, 0.15) is 12.6 Å². The number of fused-ring (bicyclic) bond motifs is 1. The number of thiazole rings is 1. The number of hydrogen-bond acceptors (Lipinski definition) is 13. The molecule has 2 aliphatic heterocycles. The van der Waals surface area contributed by atoms with Crippen LogP contribution in [0.5, 0.6) is 0 Å². The minimum absolute atomic E-state index is 0.143. The Hall–Kier alpha value is -3.90. The fraction of sp³-hybridized carbons (Fsp3) is 0.300. The number of H-pyrrole nitrogens is 1. The van der Waals surface area contributed by atoms with E-state index in [-0.39, 0.29) is 39.7 Å². The SMILES string of the molecule is CCn1nc(SC=CC2=C(C(=O)O)N3C(=O)C(NC(=O)C(=NOC)c4csc(N)n4)C3SC2)[nH]c(=O)c1=O. The van der Waals surface area contributed by atoms with E-state index in [0.717, 1.165) is 32.7 Å². The molecule has 38 heavy (non-hydrogen) atoms. The van der Waals surface area contributed by atoms with E-state index in [1.54, 1.807) is 6.92 Å². The van der Waals surface area contributed by atoms with Gasteiger partial charge in [0.25, 0.3) is 11.8 Å². The fourth-order valence-corrected chi connectivity index (χ4v) is 6.09. The van der Waals surface area contributed by atoms with E-state index in [1.807, 2.05) is 0 Å². The molecule has 0 saturated carbocycles. The summed E-state index contributed by atoms with van der Waals surface area (Å²) in [4.78, 5) is 73.5. The van der Waals surface area contributed by atoms with E-state index in [4.69, 9.17) is 10.6 Å². The number of carboxylic acids is 1. The van der Waals surface area contributed by atoms with Crippen LogP contribution in [-0.4, -0.2) is 77.5 Å². The lowest BCUT2D eigenvalue weighted by Crippen LogP contribution is -2.71. The molecular weight excluding hydrogens is 560 g/mol. The van der Waals surface area contributed by atoms with E-state index < -0.39 is 40.3 Å². The molecule has 200 valence electrons. The van der Waals surface area contributed by atoms with Crippen molar-refractivity contribution in [2.45, 2.75) is 30.0 Å². The number of aliphatic carboxylic acids is 1. The highest BCUT2D eigenvalue weighted by atomic mass is 32.2. The number of oxime groups is 1. The molecule has 5 N–H and O–H groups in total. The summed E-state index contributed by atoms with van der Waals surface area (Å²) in [5.74, 6) is -2.43. The van der Waals surface area contributed by atoms with Crippen LogP contribution >= 0.6 is 34.9 Å². The zero-order valence-electron chi connectivity index (χ0n) is 19.7. The van der Waals surface area contributed by atoms with Gasteiger partial charge in [-0.15, -0.1) is 28.2 Å². The van der Waals surface area contributed by atoms with Gasteiger partial charge in [0.1, 0.15) is 29.9 Å². The van der Waals surface area contributed by atoms with Crippen molar-refractivity contribution in [1.82, 2.24) is 30.0 Å². The summed E-state index contributed by atoms with van der Waals surface area (Å²) >= 11 is 3.34. The monoisotopic (exact) mass is 580 g/mol. The molecule has 2 aromatic rings. The number of rotatable bonds is 9. The maximum atomic E-state index is 12.9. The van der Waals surface area contributed by atoms with Crippen molar-refractivity contribution in [2.24, 2.45) is 5.16 Å². The zero-order valence-corrected chi connectivity index (χ0v) is 22.2. The zero-order chi connectivity index (χ0) is 27.6. The first-order valence-electron chi connectivity index (χ1n) is 10.7. The lowest BCUT2D eigenvalue weighted by molar-refractivity contribution is -0.150. The predicted octanol–water partition coefficient (Wildman–Crippen LogP) is -0.615. The number of nitrogens with one attached hydrogen (secondary N) is 2. The average Bonchev–Trinajstić information content (AvgIpc) is 3.32. The summed E-state index contributed by atoms with van der Waals surface area (Å²) in [6.45, 7) is 1.87. The molecule has 2 unspecified atom stereocenters. The molecule has 4 rings (SSSR count). The first-order valence-corrected chi connectivity index (χ1v) is 13.6. The fourth-order valence-electron chi connectivity index (χ4n) is 3.57. The van der Waals surface area contributed by atoms with Gasteiger partial charge in [-0.3, -0.25) is 29.1 Å². The maximum absolute atomic E-state index is 12.9. The molecule has 15 nitrogen and oxygen atoms in total. The van der Waals surface area contributed by atoms with E-state index in [2.05, 4.69) is 25.5 Å². The topological polar surface area (TPSA) is 215 Å². The largest absolute Gasteiger partial charge is 0.477 e. The summed E-state index contributed by atoms with van der Waals surface area (Å²) < 4.78 is 1.01. The Kier molecular flexibility index (Phi) is 8.02. The predicted molar refractivity (Wildman–Crippen MR) is 140 cm³/mol. The molecule has 0 spiro atoms. The second-order valence-corrected chi connectivity index (χ2v) is 10.4. The van der Waals surface area contributed by atoms with Crippen LogP contribution in [0.4, 0.5) is 5.13 Å². The lowest BCUT2D eigenvalue weighted by atomic mass is 10.0. The highest BCUT2D eigenvalue weighted by molar-refractivity contribution is 8.02. The molecule has 0 radical (unpaired) electrons. The van der Waals surface area contributed by atoms with Crippen molar-refractivity contribution < 1.29 is 24.3 Å². The Bertz CT molecular complexity index is 1510. The Balaban J connectivity index is 1.50. The molecule has 18 heteroatoms. The van der Waals surface area contributed by atoms with E-state index >= 15 is 0 Å². The molecule has 1 fully saturated rings. The van der Waals surface area contributed by atoms with Gasteiger partial charge in [-0.25, -0.2) is 14.5 Å². The van der Waals surface area contributed by atoms with Gasteiger partial charge in [0.05, 0.1) is 0 Å². The van der Waals surface area contributed by atoms with Crippen LogP contribution in [-0.2, 0) is 25.8 Å². The summed E-state index contributed by atoms with van der Waals surface area (Å²) in [5, 5.41) is 22.8. The number of carbonyl (C=O) groups excluding carboxylic acids is 2. The van der Waals surface area contributed by atoms with Crippen molar-refractivity contribution in [3.63, 3.8) is 0 Å². The van der Waals surface area contributed by atoms with Crippen LogP contribution in [0.3, 0.4) is 0 Å². The van der Waals surface area contributed by atoms with Gasteiger partial charge in [-0.2, -0.15) is 0 Å². The number of nitrogens with two attached hydrogens (primary N) is 1. The second kappa shape index (κ2) is 11.2. The quantitative estimate of drug-likeness (QED) is 0.0960. The number of hydrogen-bond donors (Lipinski definition) is 4. The molecule has 0 aliphatic carbocycles. The Morgan fingerprint density at radius 2 is 2.18 bits per heavy atom. The number of thioether (sulfide) groups is 2. The first-order chi connectivity index (χ1) is 18.2. The number of amides is 2. The van der Waals surface area contributed by atoms with Crippen LogP contribution in [0.15, 0.2) is 48.0 Å². The summed E-state index contributed by atoms with van der Waals surface area (Å²) in [6, 6.07) is -0.996. The smallest absolute Gasteiger partial charge is 0.352 e. The van der Waals surface area contributed by atoms with Crippen LogP contribution < -0.4 is 22.2 Å². The minimum Gasteiger partial charge on any atom is -0.477 e. The van der Waals surface area contributed by atoms with Crippen molar-refractivity contribution in [2.75, 3.05) is 18.6 Å². The van der Waals surface area contributed by atoms with Crippen LogP contribution in [0.2, 0.25) is 0 Å². The number of aromatic amines is 1. The number of aryl methyl sites for hydroxylation is 1. The summed E-state index contributed by atoms with van der Waals surface area (Å²) in [7, 11) is 1.25. The molecule has 0 aromatic carbocycles. The molecular formula is C20H20N8O7S3. The molecule has 4 heterocycles. The van der Waals surface area contributed by atoms with Gasteiger partial charge < -0.3 is 21.0 Å². The van der Waals surface area contributed by atoms with Gasteiger partial charge >= 0.3 is 17.1 Å². The highest BCUT2D eigenvalue weighted by Gasteiger charge is 2.54. The van der Waals surface area contributed by atoms with Crippen LogP contribution in [0.25, 0.3) is 0 Å². The standard InChI is InChI=1S/C20H20N8O7S3/c1-3-27-16(32)14(30)24-20(25-27)36-5-4-8-6-37-17-11(15(31)28(17)12(8)18(33)34)23-13(29)10(26-35-2)9-7-38-19(21)22-9/h4-5,7,11,17H,3,6H2,1-2H3,(H2,21,22)(H,23,29)(H,33,34)(H,24,25,30). The van der Waals surface area contributed by atoms with Crippen molar-refractivity contribution in [3.05, 3.63) is 54.5 Å². The number of carbonyl (C=O) groups is 3. The molecule has 0 bridgehead atoms. The van der Waals surface area contributed by atoms with E-state index in [1.165, 1.54) is 35.7 Å². The maximum Gasteiger partial charge on any atom is 0.352 e. The second-order valence-electron chi connectivity index (χ2n) is 7.53. The van der Waals surface area contributed by atoms with Crippen molar-refractivity contribution >= 4 is 63.5 Å².